The van der Waals surface area contributed by atoms with Crippen LogP contribution in [0.5, 0.6) is 5.75 Å². The minimum absolute atomic E-state index is 0.0535. The van der Waals surface area contributed by atoms with Crippen LogP contribution in [-0.4, -0.2) is 11.0 Å². The molecule has 21 heavy (non-hydrogen) atoms. The summed E-state index contributed by atoms with van der Waals surface area (Å²) in [4.78, 5) is 12.1. The summed E-state index contributed by atoms with van der Waals surface area (Å²) in [6.07, 6.45) is 0.301. The Kier molecular flexibility index (Phi) is 4.84. The van der Waals surface area contributed by atoms with Gasteiger partial charge in [-0.05, 0) is 45.8 Å². The smallest absolute Gasteiger partial charge is 0.255 e. The van der Waals surface area contributed by atoms with Gasteiger partial charge in [0.15, 0.2) is 0 Å². The van der Waals surface area contributed by atoms with E-state index in [9.17, 15) is 9.90 Å². The highest BCUT2D eigenvalue weighted by Crippen LogP contribution is 2.35. The lowest BCUT2D eigenvalue weighted by Crippen LogP contribution is -2.12. The molecular weight excluding hydrogens is 356 g/mol. The predicted molar refractivity (Wildman–Crippen MR) is 84.5 cm³/mol. The fourth-order valence-electron chi connectivity index (χ4n) is 1.73. The number of nitriles is 1. The Morgan fingerprint density at radius 1 is 1.33 bits per heavy atom. The molecule has 4 nitrogen and oxygen atoms in total. The van der Waals surface area contributed by atoms with Crippen LogP contribution in [0.25, 0.3) is 0 Å². The van der Waals surface area contributed by atoms with Crippen molar-refractivity contribution in [2.45, 2.75) is 6.42 Å². The number of hydrogen-bond donors (Lipinski definition) is 2. The monoisotopic (exact) mass is 364 g/mol. The Hall–Kier alpha value is -2.03. The maximum atomic E-state index is 12.1. The van der Waals surface area contributed by atoms with Gasteiger partial charge in [-0.2, -0.15) is 5.26 Å². The van der Waals surface area contributed by atoms with Gasteiger partial charge in [0.1, 0.15) is 5.75 Å². The molecule has 6 heteroatoms. The Balaban J connectivity index is 2.20. The lowest BCUT2D eigenvalue weighted by atomic mass is 10.1. The molecule has 106 valence electrons. The van der Waals surface area contributed by atoms with Crippen LogP contribution in [0.2, 0.25) is 5.02 Å². The first-order chi connectivity index (χ1) is 10.0. The number of anilines is 1. The number of nitrogens with zero attached hydrogens (tertiary/aromatic N) is 1. The predicted octanol–water partition coefficient (Wildman–Crippen LogP) is 4.13. The lowest BCUT2D eigenvalue weighted by molar-refractivity contribution is 0.102. The number of halogens is 2. The number of aromatic hydroxyl groups is 1. The van der Waals surface area contributed by atoms with Crippen LogP contribution in [0, 0.1) is 11.3 Å². The topological polar surface area (TPSA) is 73.1 Å². The molecule has 1 amide bonds. The number of amides is 1. The molecule has 0 heterocycles. The van der Waals surface area contributed by atoms with Crippen molar-refractivity contribution in [2.24, 2.45) is 0 Å². The van der Waals surface area contributed by atoms with Gasteiger partial charge in [-0.25, -0.2) is 0 Å². The van der Waals surface area contributed by atoms with Crippen molar-refractivity contribution in [3.63, 3.8) is 0 Å². The van der Waals surface area contributed by atoms with E-state index in [4.69, 9.17) is 16.9 Å². The van der Waals surface area contributed by atoms with E-state index in [1.54, 1.807) is 24.3 Å². The first kappa shape index (κ1) is 15.4. The van der Waals surface area contributed by atoms with Crippen molar-refractivity contribution < 1.29 is 9.90 Å². The summed E-state index contributed by atoms with van der Waals surface area (Å²) in [7, 11) is 0. The molecule has 0 spiro atoms. The molecule has 0 aromatic heterocycles. The van der Waals surface area contributed by atoms with E-state index >= 15 is 0 Å². The van der Waals surface area contributed by atoms with Gasteiger partial charge >= 0.3 is 0 Å². The van der Waals surface area contributed by atoms with E-state index in [2.05, 4.69) is 21.2 Å². The molecule has 0 atom stereocenters. The van der Waals surface area contributed by atoms with Gasteiger partial charge in [0, 0.05) is 10.6 Å². The number of nitrogens with one attached hydrogen (secondary N) is 1. The summed E-state index contributed by atoms with van der Waals surface area (Å²) in [5, 5.41) is 21.2. The fraction of sp³-hybridized carbons (Fsp3) is 0.0667. The summed E-state index contributed by atoms with van der Waals surface area (Å²) in [5.74, 6) is -0.386. The maximum absolute atomic E-state index is 12.1. The van der Waals surface area contributed by atoms with Crippen LogP contribution in [0.3, 0.4) is 0 Å². The maximum Gasteiger partial charge on any atom is 0.255 e. The quantitative estimate of drug-likeness (QED) is 0.859. The van der Waals surface area contributed by atoms with E-state index < -0.39 is 0 Å². The minimum Gasteiger partial charge on any atom is -0.507 e. The molecule has 2 N–H and O–H groups in total. The zero-order chi connectivity index (χ0) is 15.4. The second-order valence-corrected chi connectivity index (χ2v) is 5.50. The van der Waals surface area contributed by atoms with E-state index in [1.807, 2.05) is 6.07 Å². The van der Waals surface area contributed by atoms with Crippen molar-refractivity contribution in [1.29, 1.82) is 5.26 Å². The summed E-state index contributed by atoms with van der Waals surface area (Å²) in [6.45, 7) is 0. The summed E-state index contributed by atoms with van der Waals surface area (Å²) >= 11 is 9.03. The summed E-state index contributed by atoms with van der Waals surface area (Å²) in [5.41, 5.74) is 1.67. The molecule has 2 aromatic carbocycles. The van der Waals surface area contributed by atoms with Crippen molar-refractivity contribution >= 4 is 39.1 Å². The fourth-order valence-corrected chi connectivity index (χ4v) is 2.27. The Labute approximate surface area is 135 Å². The van der Waals surface area contributed by atoms with Gasteiger partial charge in [0.05, 0.1) is 22.7 Å². The molecule has 0 aliphatic carbocycles. The number of benzene rings is 2. The molecule has 0 radical (unpaired) electrons. The van der Waals surface area contributed by atoms with Gasteiger partial charge in [-0.3, -0.25) is 4.79 Å². The van der Waals surface area contributed by atoms with Crippen molar-refractivity contribution in [1.82, 2.24) is 0 Å². The van der Waals surface area contributed by atoms with Gasteiger partial charge in [-0.15, -0.1) is 0 Å². The first-order valence-electron chi connectivity index (χ1n) is 5.96. The zero-order valence-corrected chi connectivity index (χ0v) is 13.1. The Morgan fingerprint density at radius 2 is 2.00 bits per heavy atom. The molecule has 0 aliphatic rings. The molecule has 0 bridgehead atoms. The minimum atomic E-state index is -0.333. The van der Waals surface area contributed by atoms with Crippen molar-refractivity contribution in [2.75, 3.05) is 5.32 Å². The third-order valence-electron chi connectivity index (χ3n) is 2.77. The average Bonchev–Trinajstić information content (AvgIpc) is 2.45. The number of carbonyl (C=O) groups is 1. The van der Waals surface area contributed by atoms with Crippen molar-refractivity contribution in [3.8, 4) is 11.8 Å². The SMILES string of the molecule is N#CCc1ccc(C(=O)Nc2cc(Cl)cc(O)c2Br)cc1. The van der Waals surface area contributed by atoms with Crippen LogP contribution in [0.4, 0.5) is 5.69 Å². The van der Waals surface area contributed by atoms with E-state index in [1.165, 1.54) is 12.1 Å². The normalized spacial score (nSPS) is 9.95. The Bertz CT molecular complexity index is 724. The van der Waals surface area contributed by atoms with Crippen LogP contribution in [0.1, 0.15) is 15.9 Å². The van der Waals surface area contributed by atoms with E-state index in [0.29, 0.717) is 27.2 Å². The summed E-state index contributed by atoms with van der Waals surface area (Å²) in [6, 6.07) is 11.7. The van der Waals surface area contributed by atoms with Gasteiger partial charge < -0.3 is 10.4 Å². The third kappa shape index (κ3) is 3.75. The van der Waals surface area contributed by atoms with Crippen LogP contribution >= 0.6 is 27.5 Å². The van der Waals surface area contributed by atoms with Crippen molar-refractivity contribution in [3.05, 3.63) is 57.0 Å². The highest BCUT2D eigenvalue weighted by Gasteiger charge is 2.12. The number of carbonyl (C=O) groups excluding carboxylic acids is 1. The first-order valence-corrected chi connectivity index (χ1v) is 7.13. The van der Waals surface area contributed by atoms with Gasteiger partial charge in [0.2, 0.25) is 0 Å². The molecule has 2 aromatic rings. The Morgan fingerprint density at radius 3 is 2.62 bits per heavy atom. The molecule has 0 aliphatic heterocycles. The van der Waals surface area contributed by atoms with Crippen LogP contribution < -0.4 is 5.32 Å². The lowest BCUT2D eigenvalue weighted by Gasteiger charge is -2.09. The zero-order valence-electron chi connectivity index (χ0n) is 10.7. The van der Waals surface area contributed by atoms with Crippen LogP contribution in [0.15, 0.2) is 40.9 Å². The van der Waals surface area contributed by atoms with E-state index in [0.717, 1.165) is 5.56 Å². The molecule has 2 rings (SSSR count). The summed E-state index contributed by atoms with van der Waals surface area (Å²) < 4.78 is 0.362. The van der Waals surface area contributed by atoms with E-state index in [-0.39, 0.29) is 11.7 Å². The van der Waals surface area contributed by atoms with Crippen LogP contribution in [-0.2, 0) is 6.42 Å². The number of hydrogen-bond acceptors (Lipinski definition) is 3. The highest BCUT2D eigenvalue weighted by molar-refractivity contribution is 9.10. The van der Waals surface area contributed by atoms with Gasteiger partial charge in [-0.1, -0.05) is 23.7 Å². The number of phenols is 1. The molecule has 0 saturated carbocycles. The van der Waals surface area contributed by atoms with Gasteiger partial charge in [0.25, 0.3) is 5.91 Å². The molecular formula is C15H10BrClN2O2. The average molecular weight is 366 g/mol. The molecule has 0 unspecified atom stereocenters. The number of phenolic OH excluding ortho intramolecular Hbond substituents is 1. The largest absolute Gasteiger partial charge is 0.507 e. The second kappa shape index (κ2) is 6.61. The second-order valence-electron chi connectivity index (χ2n) is 4.27. The standard InChI is InChI=1S/C15H10BrClN2O2/c16-14-12(7-11(17)8-13(14)20)19-15(21)10-3-1-9(2-4-10)5-6-18/h1-4,7-8,20H,5H2,(H,19,21). The third-order valence-corrected chi connectivity index (χ3v) is 3.82. The number of rotatable bonds is 3. The molecule has 0 fully saturated rings. The highest BCUT2D eigenvalue weighted by atomic mass is 79.9. The molecule has 0 saturated heterocycles.